The molecule has 13 heteroatoms. The summed E-state index contributed by atoms with van der Waals surface area (Å²) in [5.41, 5.74) is -1.76. The second kappa shape index (κ2) is 11.8. The summed E-state index contributed by atoms with van der Waals surface area (Å²) in [5.74, 6) is -0.946. The summed E-state index contributed by atoms with van der Waals surface area (Å²) in [4.78, 5) is 34.3. The molecule has 6 rings (SSSR count). The SMILES string of the molecule is CC(C)(C)OC(=O)COCC12CN(S(=O)(=O)c3ccc4cc(Cl)ccc4c3)CC(=O)N1CC1(CCN(c3ccncc3)CC1)O2. The van der Waals surface area contributed by atoms with Gasteiger partial charge in [-0.1, -0.05) is 23.7 Å². The summed E-state index contributed by atoms with van der Waals surface area (Å²) in [6.45, 7) is 5.90. The molecule has 1 atom stereocenters. The summed E-state index contributed by atoms with van der Waals surface area (Å²) in [6.07, 6.45) is 4.74. The van der Waals surface area contributed by atoms with Crippen molar-refractivity contribution in [3.05, 3.63) is 65.9 Å². The molecule has 4 heterocycles. The van der Waals surface area contributed by atoms with Crippen LogP contribution in [0.2, 0.25) is 5.02 Å². The highest BCUT2D eigenvalue weighted by Gasteiger charge is 2.61. The first-order valence-electron chi connectivity index (χ1n) is 14.9. The number of rotatable bonds is 7. The maximum atomic E-state index is 14.0. The third kappa shape index (κ3) is 6.52. The lowest BCUT2D eigenvalue weighted by atomic mass is 9.91. The van der Waals surface area contributed by atoms with Crippen LogP contribution >= 0.6 is 11.6 Å². The Morgan fingerprint density at radius 3 is 2.42 bits per heavy atom. The minimum absolute atomic E-state index is 0.0572. The number of pyridine rings is 1. The van der Waals surface area contributed by atoms with Crippen LogP contribution in [0.1, 0.15) is 33.6 Å². The van der Waals surface area contributed by atoms with Crippen molar-refractivity contribution in [2.75, 3.05) is 50.8 Å². The summed E-state index contributed by atoms with van der Waals surface area (Å²) in [7, 11) is -4.11. The van der Waals surface area contributed by atoms with Gasteiger partial charge in [-0.3, -0.25) is 9.78 Å². The Kier molecular flexibility index (Phi) is 8.32. The van der Waals surface area contributed by atoms with Gasteiger partial charge in [0.15, 0.2) is 5.72 Å². The van der Waals surface area contributed by atoms with Gasteiger partial charge in [0.05, 0.1) is 36.7 Å². The third-order valence-electron chi connectivity index (χ3n) is 8.46. The number of fused-ring (bicyclic) bond motifs is 2. The molecule has 0 saturated carbocycles. The first-order chi connectivity index (χ1) is 21.3. The number of carbonyl (C=O) groups excluding carboxylic acids is 2. The molecule has 11 nitrogen and oxygen atoms in total. The predicted octanol–water partition coefficient (Wildman–Crippen LogP) is 3.85. The minimum Gasteiger partial charge on any atom is -0.458 e. The van der Waals surface area contributed by atoms with E-state index < -0.39 is 32.9 Å². The molecule has 240 valence electrons. The van der Waals surface area contributed by atoms with Crippen LogP contribution in [0, 0.1) is 0 Å². The smallest absolute Gasteiger partial charge is 0.332 e. The van der Waals surface area contributed by atoms with Gasteiger partial charge in [-0.15, -0.1) is 0 Å². The molecule has 3 aromatic rings. The van der Waals surface area contributed by atoms with E-state index in [2.05, 4.69) is 9.88 Å². The Balaban J connectivity index is 1.27. The average molecular weight is 657 g/mol. The second-order valence-electron chi connectivity index (χ2n) is 12.9. The van der Waals surface area contributed by atoms with E-state index in [4.69, 9.17) is 25.8 Å². The van der Waals surface area contributed by atoms with E-state index in [9.17, 15) is 18.0 Å². The maximum absolute atomic E-state index is 14.0. The Labute approximate surface area is 268 Å². The number of benzene rings is 2. The van der Waals surface area contributed by atoms with Crippen LogP contribution in [-0.2, 0) is 33.8 Å². The molecule has 1 spiro atoms. The maximum Gasteiger partial charge on any atom is 0.332 e. The summed E-state index contributed by atoms with van der Waals surface area (Å²) >= 11 is 6.12. The normalized spacial score (nSPS) is 22.2. The van der Waals surface area contributed by atoms with Crippen molar-refractivity contribution in [3.63, 3.8) is 0 Å². The Morgan fingerprint density at radius 2 is 1.71 bits per heavy atom. The number of ether oxygens (including phenoxy) is 3. The van der Waals surface area contributed by atoms with Crippen LogP contribution in [0.5, 0.6) is 0 Å². The van der Waals surface area contributed by atoms with Crippen LogP contribution in [0.15, 0.2) is 65.8 Å². The number of hydrogen-bond acceptors (Lipinski definition) is 9. The van der Waals surface area contributed by atoms with E-state index >= 15 is 0 Å². The van der Waals surface area contributed by atoms with Crippen molar-refractivity contribution in [3.8, 4) is 0 Å². The van der Waals surface area contributed by atoms with Crippen LogP contribution in [0.3, 0.4) is 0 Å². The highest BCUT2D eigenvalue weighted by Crippen LogP contribution is 2.44. The predicted molar refractivity (Wildman–Crippen MR) is 168 cm³/mol. The number of carbonyl (C=O) groups is 2. The largest absolute Gasteiger partial charge is 0.458 e. The molecule has 1 amide bonds. The van der Waals surface area contributed by atoms with Gasteiger partial charge in [0.2, 0.25) is 15.9 Å². The lowest BCUT2D eigenvalue weighted by molar-refractivity contribution is -0.200. The minimum atomic E-state index is -4.11. The number of sulfonamides is 1. The van der Waals surface area contributed by atoms with Crippen molar-refractivity contribution < 1.29 is 32.2 Å². The van der Waals surface area contributed by atoms with E-state index in [1.807, 2.05) is 12.1 Å². The van der Waals surface area contributed by atoms with E-state index in [0.29, 0.717) is 42.9 Å². The number of piperazine rings is 1. The Hall–Kier alpha value is -3.29. The monoisotopic (exact) mass is 656 g/mol. The van der Waals surface area contributed by atoms with Crippen molar-refractivity contribution in [1.82, 2.24) is 14.2 Å². The van der Waals surface area contributed by atoms with E-state index in [-0.39, 0.29) is 37.1 Å². The molecule has 1 aromatic heterocycles. The van der Waals surface area contributed by atoms with Gasteiger partial charge >= 0.3 is 5.97 Å². The number of hydrogen-bond donors (Lipinski definition) is 0. The van der Waals surface area contributed by atoms with Crippen LogP contribution in [0.25, 0.3) is 10.8 Å². The molecule has 3 fully saturated rings. The second-order valence-corrected chi connectivity index (χ2v) is 15.3. The molecule has 0 radical (unpaired) electrons. The fourth-order valence-electron chi connectivity index (χ4n) is 6.40. The zero-order valence-corrected chi connectivity index (χ0v) is 27.1. The average Bonchev–Trinajstić information content (AvgIpc) is 3.31. The number of anilines is 1. The standard InChI is InChI=1S/C32H37ClN4O7S/c1-30(2,3)43-29(39)19-42-22-32-21-36(45(40,41)27-7-5-23-16-25(33)6-4-24(23)17-27)18-28(38)37(32)20-31(44-32)10-14-35(15-11-31)26-8-12-34-13-9-26/h4-9,12-13,16-17H,10-11,14-15,18-22H2,1-3H3. The number of halogens is 1. The molecule has 0 bridgehead atoms. The zero-order valence-electron chi connectivity index (χ0n) is 25.6. The van der Waals surface area contributed by atoms with E-state index in [1.165, 1.54) is 6.07 Å². The number of amides is 1. The van der Waals surface area contributed by atoms with Crippen molar-refractivity contribution in [2.45, 2.75) is 55.4 Å². The molecule has 2 aromatic carbocycles. The molecular formula is C32H37ClN4O7S. The Bertz CT molecular complexity index is 1710. The first kappa shape index (κ1) is 31.7. The Morgan fingerprint density at radius 1 is 1.02 bits per heavy atom. The number of esters is 1. The van der Waals surface area contributed by atoms with Gasteiger partial charge in [-0.05, 0) is 80.8 Å². The summed E-state index contributed by atoms with van der Waals surface area (Å²) in [5, 5.41) is 2.05. The molecule has 1 unspecified atom stereocenters. The molecule has 0 aliphatic carbocycles. The van der Waals surface area contributed by atoms with Gasteiger partial charge in [-0.25, -0.2) is 13.2 Å². The van der Waals surface area contributed by atoms with Gasteiger partial charge in [0.1, 0.15) is 12.2 Å². The molecule has 3 aliphatic heterocycles. The lowest BCUT2D eigenvalue weighted by Crippen LogP contribution is -2.65. The molecule has 3 saturated heterocycles. The van der Waals surface area contributed by atoms with Crippen molar-refractivity contribution in [2.24, 2.45) is 0 Å². The van der Waals surface area contributed by atoms with E-state index in [1.54, 1.807) is 68.4 Å². The molecule has 45 heavy (non-hydrogen) atoms. The van der Waals surface area contributed by atoms with Gasteiger partial charge in [0, 0.05) is 36.2 Å². The summed E-state index contributed by atoms with van der Waals surface area (Å²) < 4.78 is 47.3. The fraction of sp³-hybridized carbons (Fsp3) is 0.469. The van der Waals surface area contributed by atoms with Crippen molar-refractivity contribution in [1.29, 1.82) is 0 Å². The number of nitrogens with zero attached hydrogens (tertiary/aromatic N) is 4. The summed E-state index contributed by atoms with van der Waals surface area (Å²) in [6, 6.07) is 13.9. The first-order valence-corrected chi connectivity index (χ1v) is 16.7. The molecule has 3 aliphatic rings. The zero-order chi connectivity index (χ0) is 32.0. The fourth-order valence-corrected chi connectivity index (χ4v) is 8.05. The highest BCUT2D eigenvalue weighted by molar-refractivity contribution is 7.89. The lowest BCUT2D eigenvalue weighted by Gasteiger charge is -2.45. The van der Waals surface area contributed by atoms with Crippen LogP contribution in [0.4, 0.5) is 5.69 Å². The van der Waals surface area contributed by atoms with E-state index in [0.717, 1.165) is 15.4 Å². The quantitative estimate of drug-likeness (QED) is 0.350. The number of aromatic nitrogens is 1. The van der Waals surface area contributed by atoms with Crippen LogP contribution < -0.4 is 4.90 Å². The molecule has 0 N–H and O–H groups in total. The van der Waals surface area contributed by atoms with Gasteiger partial charge < -0.3 is 24.0 Å². The van der Waals surface area contributed by atoms with Gasteiger partial charge in [-0.2, -0.15) is 4.31 Å². The number of piperidine rings is 1. The van der Waals surface area contributed by atoms with Gasteiger partial charge in [0.25, 0.3) is 0 Å². The third-order valence-corrected chi connectivity index (χ3v) is 10.5. The molecular weight excluding hydrogens is 620 g/mol. The highest BCUT2D eigenvalue weighted by atomic mass is 35.5. The van der Waals surface area contributed by atoms with Crippen molar-refractivity contribution >= 4 is 50.0 Å². The topological polar surface area (TPSA) is 119 Å². The van der Waals surface area contributed by atoms with Crippen LogP contribution in [-0.4, -0.2) is 97.3 Å².